The lowest BCUT2D eigenvalue weighted by atomic mass is 10.1. The van der Waals surface area contributed by atoms with Crippen LogP contribution in [0.5, 0.6) is 0 Å². The quantitative estimate of drug-likeness (QED) is 0.0261. The minimum absolute atomic E-state index is 0.103. The van der Waals surface area contributed by atoms with Crippen molar-refractivity contribution in [2.75, 3.05) is 13.2 Å². The van der Waals surface area contributed by atoms with Crippen LogP contribution in [0.3, 0.4) is 0 Å². The molecule has 0 aliphatic rings. The lowest BCUT2D eigenvalue weighted by Crippen LogP contribution is -2.30. The second-order valence-electron chi connectivity index (χ2n) is 20.2. The zero-order valence-corrected chi connectivity index (χ0v) is 47.9. The van der Waals surface area contributed by atoms with E-state index in [-0.39, 0.29) is 37.5 Å². The fourth-order valence-electron chi connectivity index (χ4n) is 8.46. The third-order valence-electron chi connectivity index (χ3n) is 13.1. The van der Waals surface area contributed by atoms with E-state index in [1.165, 1.54) is 167 Å². The zero-order chi connectivity index (χ0) is 52.9. The van der Waals surface area contributed by atoms with Crippen molar-refractivity contribution in [3.8, 4) is 0 Å². The molecule has 0 radical (unpaired) electrons. The number of unbranched alkanes of at least 4 members (excludes halogenated alkanes) is 28. The van der Waals surface area contributed by atoms with Crippen LogP contribution in [0.4, 0.5) is 0 Å². The smallest absolute Gasteiger partial charge is 0.306 e. The van der Waals surface area contributed by atoms with E-state index in [0.717, 1.165) is 77.0 Å². The first-order chi connectivity index (χ1) is 36.0. The molecule has 0 saturated carbocycles. The molecule has 0 saturated heterocycles. The maximum Gasteiger partial charge on any atom is 0.306 e. The van der Waals surface area contributed by atoms with Crippen molar-refractivity contribution in [2.24, 2.45) is 0 Å². The third kappa shape index (κ3) is 59.1. The molecule has 0 rings (SSSR count). The van der Waals surface area contributed by atoms with Crippen molar-refractivity contribution in [3.05, 3.63) is 97.2 Å². The Morgan fingerprint density at radius 2 is 0.562 bits per heavy atom. The van der Waals surface area contributed by atoms with Gasteiger partial charge in [-0.25, -0.2) is 0 Å². The fourth-order valence-corrected chi connectivity index (χ4v) is 8.46. The van der Waals surface area contributed by atoms with E-state index in [1.54, 1.807) is 0 Å². The molecule has 6 nitrogen and oxygen atoms in total. The Balaban J connectivity index is 4.49. The second-order valence-corrected chi connectivity index (χ2v) is 20.2. The Labute approximate surface area is 451 Å². The van der Waals surface area contributed by atoms with E-state index in [4.69, 9.17) is 14.2 Å². The number of carbonyl (C=O) groups excluding carboxylic acids is 3. The molecule has 0 amide bonds. The molecule has 0 fully saturated rings. The predicted octanol–water partition coefficient (Wildman–Crippen LogP) is 20.9. The number of esters is 3. The molecule has 73 heavy (non-hydrogen) atoms. The van der Waals surface area contributed by atoms with Crippen LogP contribution < -0.4 is 0 Å². The Kier molecular flexibility index (Phi) is 57.8. The van der Waals surface area contributed by atoms with E-state index >= 15 is 0 Å². The van der Waals surface area contributed by atoms with Crippen molar-refractivity contribution in [2.45, 2.75) is 297 Å². The van der Waals surface area contributed by atoms with Crippen LogP contribution in [0.15, 0.2) is 97.2 Å². The molecule has 418 valence electrons. The molecule has 0 N–H and O–H groups in total. The first kappa shape index (κ1) is 69.3. The summed E-state index contributed by atoms with van der Waals surface area (Å²) in [7, 11) is 0. The second kappa shape index (κ2) is 60.9. The van der Waals surface area contributed by atoms with E-state index in [9.17, 15) is 14.4 Å². The number of hydrogen-bond acceptors (Lipinski definition) is 6. The molecule has 0 aliphatic heterocycles. The van der Waals surface area contributed by atoms with Crippen molar-refractivity contribution in [1.29, 1.82) is 0 Å². The van der Waals surface area contributed by atoms with Crippen LogP contribution in [-0.2, 0) is 28.6 Å². The molecule has 0 spiro atoms. The van der Waals surface area contributed by atoms with Crippen molar-refractivity contribution >= 4 is 17.9 Å². The number of carbonyl (C=O) groups is 3. The number of ether oxygens (including phenoxy) is 3. The van der Waals surface area contributed by atoms with Crippen molar-refractivity contribution in [1.82, 2.24) is 0 Å². The van der Waals surface area contributed by atoms with Crippen LogP contribution in [0, 0.1) is 0 Å². The van der Waals surface area contributed by atoms with Crippen LogP contribution in [-0.4, -0.2) is 37.2 Å². The molecule has 1 atom stereocenters. The highest BCUT2D eigenvalue weighted by Crippen LogP contribution is 2.15. The molecule has 0 aliphatic carbocycles. The predicted molar refractivity (Wildman–Crippen MR) is 316 cm³/mol. The Morgan fingerprint density at radius 1 is 0.288 bits per heavy atom. The van der Waals surface area contributed by atoms with Gasteiger partial charge in [0.1, 0.15) is 13.2 Å². The van der Waals surface area contributed by atoms with Gasteiger partial charge in [-0.3, -0.25) is 14.4 Å². The first-order valence-electron chi connectivity index (χ1n) is 30.7. The Hall–Kier alpha value is -3.67. The lowest BCUT2D eigenvalue weighted by Gasteiger charge is -2.18. The fraction of sp³-hybridized carbons (Fsp3) is 0.716. The summed E-state index contributed by atoms with van der Waals surface area (Å²) < 4.78 is 16.8. The van der Waals surface area contributed by atoms with E-state index in [2.05, 4.69) is 112 Å². The number of allylic oxidation sites excluding steroid dienone is 16. The largest absolute Gasteiger partial charge is 0.462 e. The molecular weight excluding hydrogens is 901 g/mol. The normalized spacial score (nSPS) is 12.8. The summed E-state index contributed by atoms with van der Waals surface area (Å²) in [5, 5.41) is 0. The summed E-state index contributed by atoms with van der Waals surface area (Å²) in [6.45, 7) is 6.47. The summed E-state index contributed by atoms with van der Waals surface area (Å²) >= 11 is 0. The topological polar surface area (TPSA) is 78.9 Å². The van der Waals surface area contributed by atoms with Crippen LogP contribution >= 0.6 is 0 Å². The molecular formula is C67H114O6. The van der Waals surface area contributed by atoms with Gasteiger partial charge in [-0.1, -0.05) is 259 Å². The molecule has 0 unspecified atom stereocenters. The number of rotatable bonds is 55. The molecule has 0 heterocycles. The van der Waals surface area contributed by atoms with E-state index < -0.39 is 6.10 Å². The Morgan fingerprint density at radius 3 is 0.918 bits per heavy atom. The molecule has 0 aromatic heterocycles. The van der Waals surface area contributed by atoms with Gasteiger partial charge in [0.2, 0.25) is 0 Å². The molecule has 0 aromatic rings. The van der Waals surface area contributed by atoms with Gasteiger partial charge in [0, 0.05) is 19.3 Å². The minimum atomic E-state index is -0.813. The zero-order valence-electron chi connectivity index (χ0n) is 47.9. The SMILES string of the molecule is CC/C=C\C/C=C\C/C=C\C/C=C\C/C=C\C/C=C\CCC(=O)OC[C@H](COC(=O)CCCCCCCCCCC/C=C\CCCCCCCC)OC(=O)CCCCCCCCC/C=C\CCCCCCCC. The molecule has 0 aromatic carbocycles. The van der Waals surface area contributed by atoms with Gasteiger partial charge in [-0.15, -0.1) is 0 Å². The summed E-state index contributed by atoms with van der Waals surface area (Å²) in [5.74, 6) is -0.990. The minimum Gasteiger partial charge on any atom is -0.462 e. The average Bonchev–Trinajstić information content (AvgIpc) is 3.39. The van der Waals surface area contributed by atoms with Crippen LogP contribution in [0.2, 0.25) is 0 Å². The first-order valence-corrected chi connectivity index (χ1v) is 30.7. The standard InChI is InChI=1S/C67H114O6/c1-4-7-10-13-16-19-22-25-28-31-33-36-38-41-44-47-50-53-56-59-65(68)71-62-64(73-67(70)61-58-55-52-49-46-43-40-35-30-27-24-21-18-15-12-9-6-3)63-72-66(69)60-57-54-51-48-45-42-39-37-34-32-29-26-23-20-17-14-11-8-5-2/h7,10,16,19,25-30,33,36,41,44,50,53,64H,4-6,8-9,11-15,17-18,20-24,31-32,34-35,37-40,42-43,45-49,51-52,54-63H2,1-3H3/b10-7-,19-16-,28-25-,29-26-,30-27-,36-33-,44-41-,53-50-/t64-/m1/s1. The van der Waals surface area contributed by atoms with Gasteiger partial charge in [0.15, 0.2) is 6.10 Å². The van der Waals surface area contributed by atoms with Gasteiger partial charge < -0.3 is 14.2 Å². The van der Waals surface area contributed by atoms with Crippen molar-refractivity contribution in [3.63, 3.8) is 0 Å². The van der Waals surface area contributed by atoms with Gasteiger partial charge in [0.25, 0.3) is 0 Å². The van der Waals surface area contributed by atoms with Crippen LogP contribution in [0.25, 0.3) is 0 Å². The van der Waals surface area contributed by atoms with E-state index in [1.807, 2.05) is 6.08 Å². The summed E-state index contributed by atoms with van der Waals surface area (Å²) in [5.41, 5.74) is 0. The summed E-state index contributed by atoms with van der Waals surface area (Å²) in [6, 6.07) is 0. The monoisotopic (exact) mass is 1010 g/mol. The number of hydrogen-bond donors (Lipinski definition) is 0. The van der Waals surface area contributed by atoms with Crippen molar-refractivity contribution < 1.29 is 28.6 Å². The summed E-state index contributed by atoms with van der Waals surface area (Å²) in [6.07, 6.45) is 81.3. The highest BCUT2D eigenvalue weighted by atomic mass is 16.6. The third-order valence-corrected chi connectivity index (χ3v) is 13.1. The highest BCUT2D eigenvalue weighted by molar-refractivity contribution is 5.71. The van der Waals surface area contributed by atoms with Gasteiger partial charge in [-0.05, 0) is 109 Å². The van der Waals surface area contributed by atoms with E-state index in [0.29, 0.717) is 19.3 Å². The van der Waals surface area contributed by atoms with Gasteiger partial charge in [0.05, 0.1) is 0 Å². The van der Waals surface area contributed by atoms with Gasteiger partial charge in [-0.2, -0.15) is 0 Å². The molecule has 0 bridgehead atoms. The highest BCUT2D eigenvalue weighted by Gasteiger charge is 2.19. The maximum absolute atomic E-state index is 12.9. The van der Waals surface area contributed by atoms with Crippen LogP contribution in [0.1, 0.15) is 290 Å². The maximum atomic E-state index is 12.9. The van der Waals surface area contributed by atoms with Gasteiger partial charge >= 0.3 is 17.9 Å². The Bertz CT molecular complexity index is 1440. The lowest BCUT2D eigenvalue weighted by molar-refractivity contribution is -0.166. The average molecular weight is 1020 g/mol. The molecule has 6 heteroatoms. The summed E-state index contributed by atoms with van der Waals surface area (Å²) in [4.78, 5) is 38.2.